The molecule has 1 N–H and O–H groups in total. The fraction of sp³-hybridized carbons (Fsp3) is 0.458. The molecule has 1 unspecified atom stereocenters. The van der Waals surface area contributed by atoms with E-state index in [4.69, 9.17) is 23.9 Å². The highest BCUT2D eigenvalue weighted by Crippen LogP contribution is 2.38. The molecule has 2 aromatic carbocycles. The second-order valence-corrected chi connectivity index (χ2v) is 7.37. The van der Waals surface area contributed by atoms with Crippen molar-refractivity contribution in [3.63, 3.8) is 0 Å². The summed E-state index contributed by atoms with van der Waals surface area (Å²) in [5.41, 5.74) is 3.45. The topological polar surface area (TPSA) is 64.6 Å². The van der Waals surface area contributed by atoms with Gasteiger partial charge >= 0.3 is 0 Å². The Bertz CT molecular complexity index is 882. The van der Waals surface area contributed by atoms with Gasteiger partial charge in [0.15, 0.2) is 17.5 Å². The minimum atomic E-state index is 0. The lowest BCUT2D eigenvalue weighted by Gasteiger charge is -2.35. The zero-order valence-electron chi connectivity index (χ0n) is 19.5. The number of methoxy groups -OCH3 is 3. The van der Waals surface area contributed by atoms with Gasteiger partial charge in [0.1, 0.15) is 6.10 Å². The Labute approximate surface area is 208 Å². The highest BCUT2D eigenvalue weighted by Gasteiger charge is 2.25. The first-order chi connectivity index (χ1) is 15.1. The monoisotopic (exact) mass is 555 g/mol. The number of hydrogen-bond donors (Lipinski definition) is 1. The predicted octanol–water partition coefficient (Wildman–Crippen LogP) is 4.18. The summed E-state index contributed by atoms with van der Waals surface area (Å²) < 4.78 is 22.4. The van der Waals surface area contributed by atoms with E-state index >= 15 is 0 Å². The largest absolute Gasteiger partial charge is 0.493 e. The summed E-state index contributed by atoms with van der Waals surface area (Å²) >= 11 is 0. The van der Waals surface area contributed by atoms with Crippen molar-refractivity contribution in [2.45, 2.75) is 26.5 Å². The molecule has 176 valence electrons. The second-order valence-electron chi connectivity index (χ2n) is 7.37. The van der Waals surface area contributed by atoms with Crippen LogP contribution in [0.1, 0.15) is 29.7 Å². The first-order valence-electron chi connectivity index (χ1n) is 10.6. The van der Waals surface area contributed by atoms with E-state index in [-0.39, 0.29) is 30.1 Å². The lowest BCUT2D eigenvalue weighted by atomic mass is 10.0. The Morgan fingerprint density at radius 1 is 1.12 bits per heavy atom. The van der Waals surface area contributed by atoms with Crippen molar-refractivity contribution in [3.8, 4) is 17.2 Å². The zero-order valence-corrected chi connectivity index (χ0v) is 21.8. The number of aliphatic imine (C=N–C) groups is 1. The fourth-order valence-electron chi connectivity index (χ4n) is 3.80. The maximum absolute atomic E-state index is 6.08. The van der Waals surface area contributed by atoms with Gasteiger partial charge in [-0.3, -0.25) is 0 Å². The van der Waals surface area contributed by atoms with Gasteiger partial charge in [-0.25, -0.2) is 4.99 Å². The molecule has 1 fully saturated rings. The molecule has 0 bridgehead atoms. The zero-order chi connectivity index (χ0) is 22.2. The van der Waals surface area contributed by atoms with Crippen molar-refractivity contribution in [2.75, 3.05) is 47.6 Å². The normalized spacial score (nSPS) is 16.2. The van der Waals surface area contributed by atoms with Crippen molar-refractivity contribution in [1.82, 2.24) is 10.2 Å². The highest BCUT2D eigenvalue weighted by molar-refractivity contribution is 14.0. The summed E-state index contributed by atoms with van der Waals surface area (Å²) in [5, 5.41) is 3.42. The summed E-state index contributed by atoms with van der Waals surface area (Å²) in [6.45, 7) is 7.70. The molecule has 0 aromatic heterocycles. The molecule has 1 aliphatic rings. The van der Waals surface area contributed by atoms with E-state index in [1.807, 2.05) is 12.1 Å². The number of ether oxygens (including phenoxy) is 4. The van der Waals surface area contributed by atoms with Crippen LogP contribution in [-0.4, -0.2) is 58.4 Å². The van der Waals surface area contributed by atoms with Crippen LogP contribution in [0.4, 0.5) is 0 Å². The summed E-state index contributed by atoms with van der Waals surface area (Å²) in [6, 6.07) is 12.3. The van der Waals surface area contributed by atoms with Crippen LogP contribution < -0.4 is 19.5 Å². The fourth-order valence-corrected chi connectivity index (χ4v) is 3.80. The van der Waals surface area contributed by atoms with E-state index < -0.39 is 0 Å². The van der Waals surface area contributed by atoms with Crippen LogP contribution in [-0.2, 0) is 11.3 Å². The first kappa shape index (κ1) is 26.1. The van der Waals surface area contributed by atoms with Crippen molar-refractivity contribution in [1.29, 1.82) is 0 Å². The smallest absolute Gasteiger partial charge is 0.203 e. The highest BCUT2D eigenvalue weighted by atomic mass is 127. The Morgan fingerprint density at radius 2 is 1.81 bits per heavy atom. The molecule has 7 nitrogen and oxygen atoms in total. The first-order valence-corrected chi connectivity index (χ1v) is 10.6. The van der Waals surface area contributed by atoms with Gasteiger partial charge in [0, 0.05) is 13.1 Å². The summed E-state index contributed by atoms with van der Waals surface area (Å²) in [6.07, 6.45) is 0.0278. The molecular formula is C24H34IN3O4. The van der Waals surface area contributed by atoms with Gasteiger partial charge in [-0.1, -0.05) is 24.3 Å². The summed E-state index contributed by atoms with van der Waals surface area (Å²) in [5.74, 6) is 2.71. The van der Waals surface area contributed by atoms with Crippen molar-refractivity contribution in [3.05, 3.63) is 53.1 Å². The average molecular weight is 555 g/mol. The van der Waals surface area contributed by atoms with E-state index in [0.29, 0.717) is 30.4 Å². The molecule has 2 aromatic rings. The van der Waals surface area contributed by atoms with Gasteiger partial charge in [0.25, 0.3) is 0 Å². The molecule has 32 heavy (non-hydrogen) atoms. The molecule has 1 aliphatic heterocycles. The number of aryl methyl sites for hydroxylation is 1. The molecule has 0 aliphatic carbocycles. The Kier molecular flexibility index (Phi) is 10.4. The van der Waals surface area contributed by atoms with E-state index in [2.05, 4.69) is 48.3 Å². The third kappa shape index (κ3) is 6.19. The van der Waals surface area contributed by atoms with Crippen LogP contribution in [0.3, 0.4) is 0 Å². The molecule has 1 heterocycles. The van der Waals surface area contributed by atoms with Crippen LogP contribution >= 0.6 is 24.0 Å². The van der Waals surface area contributed by atoms with Crippen molar-refractivity contribution >= 4 is 29.9 Å². The minimum Gasteiger partial charge on any atom is -0.493 e. The second kappa shape index (κ2) is 12.7. The molecule has 1 saturated heterocycles. The number of nitrogens with zero attached hydrogens (tertiary/aromatic N) is 2. The number of nitrogens with one attached hydrogen (secondary N) is 1. The standard InChI is InChI=1S/C24H33N3O4.HI/c1-6-25-24(26-15-18-13-20(28-3)23(30-5)21(14-18)29-4)27-11-12-31-22(16-27)19-10-8-7-9-17(19)2;/h7-10,13-14,22H,6,11-12,15-16H2,1-5H3,(H,25,26);1H. The van der Waals surface area contributed by atoms with Crippen LogP contribution in [0.2, 0.25) is 0 Å². The molecule has 8 heteroatoms. The van der Waals surface area contributed by atoms with Crippen LogP contribution in [0.5, 0.6) is 17.2 Å². The lowest BCUT2D eigenvalue weighted by Crippen LogP contribution is -2.48. The predicted molar refractivity (Wildman–Crippen MR) is 138 cm³/mol. The van der Waals surface area contributed by atoms with Crippen LogP contribution in [0.15, 0.2) is 41.4 Å². The number of guanidine groups is 1. The molecule has 1 atom stereocenters. The quantitative estimate of drug-likeness (QED) is 0.315. The third-order valence-electron chi connectivity index (χ3n) is 5.37. The van der Waals surface area contributed by atoms with Gasteiger partial charge in [0.2, 0.25) is 5.75 Å². The van der Waals surface area contributed by atoms with Crippen LogP contribution in [0.25, 0.3) is 0 Å². The molecule has 0 spiro atoms. The molecule has 0 saturated carbocycles. The maximum atomic E-state index is 6.08. The molecule has 0 radical (unpaired) electrons. The molecular weight excluding hydrogens is 521 g/mol. The van der Waals surface area contributed by atoms with Gasteiger partial charge in [0.05, 0.1) is 41.0 Å². The SMILES string of the molecule is CCNC(=NCc1cc(OC)c(OC)c(OC)c1)N1CCOC(c2ccccc2C)C1.I. The van der Waals surface area contributed by atoms with E-state index in [0.717, 1.165) is 31.2 Å². The van der Waals surface area contributed by atoms with Gasteiger partial charge < -0.3 is 29.2 Å². The minimum absolute atomic E-state index is 0. The average Bonchev–Trinajstić information content (AvgIpc) is 2.81. The summed E-state index contributed by atoms with van der Waals surface area (Å²) in [4.78, 5) is 7.15. The van der Waals surface area contributed by atoms with E-state index in [9.17, 15) is 0 Å². The molecule has 3 rings (SSSR count). The number of hydrogen-bond acceptors (Lipinski definition) is 5. The number of benzene rings is 2. The number of morpholine rings is 1. The van der Waals surface area contributed by atoms with Crippen LogP contribution in [0, 0.1) is 6.92 Å². The van der Waals surface area contributed by atoms with Crippen molar-refractivity contribution < 1.29 is 18.9 Å². The third-order valence-corrected chi connectivity index (χ3v) is 5.37. The summed E-state index contributed by atoms with van der Waals surface area (Å²) in [7, 11) is 4.84. The maximum Gasteiger partial charge on any atom is 0.203 e. The number of halogens is 1. The Balaban J connectivity index is 0.00000363. The van der Waals surface area contributed by atoms with Gasteiger partial charge in [-0.15, -0.1) is 24.0 Å². The van der Waals surface area contributed by atoms with E-state index in [1.54, 1.807) is 21.3 Å². The van der Waals surface area contributed by atoms with Gasteiger partial charge in [-0.05, 0) is 42.7 Å². The van der Waals surface area contributed by atoms with E-state index in [1.165, 1.54) is 11.1 Å². The number of rotatable bonds is 7. The Hall–Kier alpha value is -2.20. The molecule has 0 amide bonds. The lowest BCUT2D eigenvalue weighted by molar-refractivity contribution is -0.00834. The Morgan fingerprint density at radius 3 is 2.41 bits per heavy atom. The van der Waals surface area contributed by atoms with Crippen molar-refractivity contribution in [2.24, 2.45) is 4.99 Å². The van der Waals surface area contributed by atoms with Gasteiger partial charge in [-0.2, -0.15) is 0 Å².